The summed E-state index contributed by atoms with van der Waals surface area (Å²) in [6.07, 6.45) is 5.39. The fraction of sp³-hybridized carbons (Fsp3) is 0.647. The first kappa shape index (κ1) is 15.2. The van der Waals surface area contributed by atoms with Crippen molar-refractivity contribution in [3.8, 4) is 0 Å². The van der Waals surface area contributed by atoms with Crippen molar-refractivity contribution in [2.24, 2.45) is 5.92 Å². The Bertz CT molecular complexity index is 449. The molecule has 0 radical (unpaired) electrons. The van der Waals surface area contributed by atoms with Gasteiger partial charge in [-0.1, -0.05) is 13.0 Å². The number of nitrogens with two attached hydrogens (primary N) is 1. The number of likely N-dealkylation sites (tertiary alicyclic amines) is 1. The molecule has 3 rings (SSSR count). The lowest BCUT2D eigenvalue weighted by Gasteiger charge is -2.41. The highest BCUT2D eigenvalue weighted by molar-refractivity contribution is 7.97. The fourth-order valence-corrected chi connectivity index (χ4v) is 4.43. The van der Waals surface area contributed by atoms with E-state index in [1.54, 1.807) is 0 Å². The molecule has 0 atom stereocenters. The van der Waals surface area contributed by atoms with Gasteiger partial charge in [-0.2, -0.15) is 0 Å². The Hall–Kier alpha value is -0.710. The van der Waals surface area contributed by atoms with Gasteiger partial charge >= 0.3 is 0 Å². The number of nitrogen functional groups attached to an aromatic ring is 1. The standard InChI is InChI=1S/C17H27N3S/c1-14-5-9-19(10-6-14)16-7-11-20(12-8-16)21-17-4-2-3-15(18)13-17/h2-4,13-14,16H,5-12,18H2,1H3. The van der Waals surface area contributed by atoms with Gasteiger partial charge in [0.2, 0.25) is 0 Å². The Morgan fingerprint density at radius 1 is 1.05 bits per heavy atom. The topological polar surface area (TPSA) is 32.5 Å². The maximum Gasteiger partial charge on any atom is 0.0325 e. The molecule has 0 spiro atoms. The van der Waals surface area contributed by atoms with E-state index >= 15 is 0 Å². The first-order valence-corrected chi connectivity index (χ1v) is 9.00. The monoisotopic (exact) mass is 305 g/mol. The SMILES string of the molecule is CC1CCN(C2CCN(Sc3cccc(N)c3)CC2)CC1. The number of piperidine rings is 2. The average molecular weight is 305 g/mol. The van der Waals surface area contributed by atoms with Gasteiger partial charge in [-0.25, -0.2) is 4.31 Å². The largest absolute Gasteiger partial charge is 0.399 e. The van der Waals surface area contributed by atoms with Crippen LogP contribution in [0.15, 0.2) is 29.2 Å². The fourth-order valence-electron chi connectivity index (χ4n) is 3.41. The second-order valence-corrected chi connectivity index (χ2v) is 7.71. The van der Waals surface area contributed by atoms with Gasteiger partial charge < -0.3 is 10.6 Å². The maximum atomic E-state index is 5.86. The Kier molecular flexibility index (Phi) is 5.09. The molecular weight excluding hydrogens is 278 g/mol. The van der Waals surface area contributed by atoms with Crippen LogP contribution in [0.4, 0.5) is 5.69 Å². The van der Waals surface area contributed by atoms with Crippen molar-refractivity contribution in [3.63, 3.8) is 0 Å². The Morgan fingerprint density at radius 3 is 2.43 bits per heavy atom. The molecule has 0 amide bonds. The summed E-state index contributed by atoms with van der Waals surface area (Å²) < 4.78 is 2.50. The second-order valence-electron chi connectivity index (χ2n) is 6.54. The van der Waals surface area contributed by atoms with Gasteiger partial charge in [-0.05, 0) is 74.8 Å². The Balaban J connectivity index is 1.47. The van der Waals surface area contributed by atoms with Crippen molar-refractivity contribution in [2.75, 3.05) is 31.9 Å². The molecule has 0 aliphatic carbocycles. The highest BCUT2D eigenvalue weighted by Crippen LogP contribution is 2.30. The summed E-state index contributed by atoms with van der Waals surface area (Å²) >= 11 is 1.86. The average Bonchev–Trinajstić information content (AvgIpc) is 2.49. The van der Waals surface area contributed by atoms with Crippen molar-refractivity contribution >= 4 is 17.6 Å². The maximum absolute atomic E-state index is 5.86. The van der Waals surface area contributed by atoms with Crippen LogP contribution in [0, 0.1) is 5.92 Å². The van der Waals surface area contributed by atoms with Gasteiger partial charge in [-0.3, -0.25) is 0 Å². The molecule has 1 aromatic carbocycles. The zero-order valence-electron chi connectivity index (χ0n) is 13.0. The minimum Gasteiger partial charge on any atom is -0.399 e. The van der Waals surface area contributed by atoms with Gasteiger partial charge in [0.05, 0.1) is 0 Å². The van der Waals surface area contributed by atoms with Crippen LogP contribution in [0.25, 0.3) is 0 Å². The lowest BCUT2D eigenvalue weighted by molar-refractivity contribution is 0.103. The molecule has 2 aliphatic rings. The predicted octanol–water partition coefficient (Wildman–Crippen LogP) is 3.47. The van der Waals surface area contributed by atoms with Crippen LogP contribution in [0.3, 0.4) is 0 Å². The number of rotatable bonds is 3. The van der Waals surface area contributed by atoms with Crippen LogP contribution in [0.1, 0.15) is 32.6 Å². The molecule has 3 nitrogen and oxygen atoms in total. The molecule has 2 heterocycles. The first-order valence-electron chi connectivity index (χ1n) is 8.23. The molecule has 4 heteroatoms. The quantitative estimate of drug-likeness (QED) is 0.684. The van der Waals surface area contributed by atoms with E-state index in [0.29, 0.717) is 0 Å². The summed E-state index contributed by atoms with van der Waals surface area (Å²) in [5, 5.41) is 0. The molecular formula is C17H27N3S. The number of hydrogen-bond acceptors (Lipinski definition) is 4. The summed E-state index contributed by atoms with van der Waals surface area (Å²) in [4.78, 5) is 4.00. The third kappa shape index (κ3) is 4.15. The minimum atomic E-state index is 0.815. The lowest BCUT2D eigenvalue weighted by Crippen LogP contribution is -2.46. The minimum absolute atomic E-state index is 0.815. The molecule has 0 aromatic heterocycles. The Labute approximate surface area is 133 Å². The van der Waals surface area contributed by atoms with Crippen LogP contribution in [-0.2, 0) is 0 Å². The molecule has 2 saturated heterocycles. The summed E-state index contributed by atoms with van der Waals surface area (Å²) in [7, 11) is 0. The van der Waals surface area contributed by atoms with Crippen molar-refractivity contribution in [3.05, 3.63) is 24.3 Å². The van der Waals surface area contributed by atoms with Gasteiger partial charge in [-0.15, -0.1) is 0 Å². The highest BCUT2D eigenvalue weighted by atomic mass is 32.2. The third-order valence-corrected chi connectivity index (χ3v) is 5.94. The third-order valence-electron chi connectivity index (χ3n) is 4.85. The van der Waals surface area contributed by atoms with Gasteiger partial charge in [0.25, 0.3) is 0 Å². The smallest absolute Gasteiger partial charge is 0.0325 e. The van der Waals surface area contributed by atoms with Crippen molar-refractivity contribution in [1.29, 1.82) is 0 Å². The van der Waals surface area contributed by atoms with E-state index in [0.717, 1.165) is 17.6 Å². The van der Waals surface area contributed by atoms with E-state index in [9.17, 15) is 0 Å². The second kappa shape index (κ2) is 7.03. The van der Waals surface area contributed by atoms with Crippen LogP contribution < -0.4 is 5.73 Å². The number of hydrogen-bond donors (Lipinski definition) is 1. The van der Waals surface area contributed by atoms with E-state index in [2.05, 4.69) is 28.3 Å². The lowest BCUT2D eigenvalue weighted by atomic mass is 9.95. The van der Waals surface area contributed by atoms with Crippen LogP contribution in [-0.4, -0.2) is 41.4 Å². The van der Waals surface area contributed by atoms with Crippen molar-refractivity contribution in [1.82, 2.24) is 9.21 Å². The normalized spacial score (nSPS) is 23.5. The van der Waals surface area contributed by atoms with E-state index in [1.807, 2.05) is 24.1 Å². The molecule has 21 heavy (non-hydrogen) atoms. The highest BCUT2D eigenvalue weighted by Gasteiger charge is 2.27. The van der Waals surface area contributed by atoms with Crippen LogP contribution in [0.5, 0.6) is 0 Å². The van der Waals surface area contributed by atoms with Crippen molar-refractivity contribution in [2.45, 2.75) is 43.5 Å². The molecule has 116 valence electrons. The van der Waals surface area contributed by atoms with Crippen molar-refractivity contribution < 1.29 is 0 Å². The molecule has 1 aromatic rings. The summed E-state index contributed by atoms with van der Waals surface area (Å²) in [6.45, 7) is 7.40. The van der Waals surface area contributed by atoms with Crippen LogP contribution in [0.2, 0.25) is 0 Å². The first-order chi connectivity index (χ1) is 10.2. The van der Waals surface area contributed by atoms with Gasteiger partial charge in [0, 0.05) is 29.7 Å². The summed E-state index contributed by atoms with van der Waals surface area (Å²) in [5.41, 5.74) is 6.71. The van der Waals surface area contributed by atoms with E-state index < -0.39 is 0 Å². The zero-order chi connectivity index (χ0) is 14.7. The molecule has 0 bridgehead atoms. The molecule has 2 N–H and O–H groups in total. The zero-order valence-corrected chi connectivity index (χ0v) is 13.8. The van der Waals surface area contributed by atoms with Crippen LogP contribution >= 0.6 is 11.9 Å². The Morgan fingerprint density at radius 2 is 1.76 bits per heavy atom. The number of anilines is 1. The van der Waals surface area contributed by atoms with E-state index in [-0.39, 0.29) is 0 Å². The molecule has 0 unspecified atom stereocenters. The van der Waals surface area contributed by atoms with E-state index in [1.165, 1.54) is 56.8 Å². The number of benzene rings is 1. The molecule has 2 fully saturated rings. The molecule has 0 saturated carbocycles. The summed E-state index contributed by atoms with van der Waals surface area (Å²) in [6, 6.07) is 9.03. The number of nitrogens with zero attached hydrogens (tertiary/aromatic N) is 2. The van der Waals surface area contributed by atoms with Gasteiger partial charge in [0.15, 0.2) is 0 Å². The van der Waals surface area contributed by atoms with E-state index in [4.69, 9.17) is 5.73 Å². The molecule has 2 aliphatic heterocycles. The predicted molar refractivity (Wildman–Crippen MR) is 91.3 cm³/mol. The summed E-state index contributed by atoms with van der Waals surface area (Å²) in [5.74, 6) is 0.931. The van der Waals surface area contributed by atoms with Gasteiger partial charge in [0.1, 0.15) is 0 Å².